The molecule has 0 unspecified atom stereocenters. The number of aliphatic imine (C=N–C) groups is 1. The van der Waals surface area contributed by atoms with E-state index in [-0.39, 0.29) is 29.5 Å². The Hall–Kier alpha value is -3.37. The molecule has 0 N–H and O–H groups in total. The van der Waals surface area contributed by atoms with Gasteiger partial charge in [-0.05, 0) is 85.5 Å². The van der Waals surface area contributed by atoms with Gasteiger partial charge in [-0.3, -0.25) is 10.1 Å². The number of carbonyl (C=O) groups excluding carboxylic acids is 1. The summed E-state index contributed by atoms with van der Waals surface area (Å²) in [4.78, 5) is 26.6. The van der Waals surface area contributed by atoms with Gasteiger partial charge in [-0.1, -0.05) is 12.1 Å². The molecule has 1 aliphatic heterocycles. The summed E-state index contributed by atoms with van der Waals surface area (Å²) in [5.74, 6) is -0.796. The van der Waals surface area contributed by atoms with Gasteiger partial charge in [0.2, 0.25) is 5.90 Å². The zero-order valence-corrected chi connectivity index (χ0v) is 19.8. The fourth-order valence-corrected chi connectivity index (χ4v) is 4.44. The molecule has 0 aromatic heterocycles. The van der Waals surface area contributed by atoms with Gasteiger partial charge in [0.05, 0.1) is 19.4 Å². The molecule has 0 aliphatic carbocycles. The van der Waals surface area contributed by atoms with E-state index in [0.29, 0.717) is 20.3 Å². The Kier molecular flexibility index (Phi) is 6.66. The molecule has 0 atom stereocenters. The van der Waals surface area contributed by atoms with Gasteiger partial charge in [0.15, 0.2) is 5.70 Å². The topological polar surface area (TPSA) is 91.0 Å². The molecule has 3 aromatic carbocycles. The van der Waals surface area contributed by atoms with Crippen LogP contribution in [0.3, 0.4) is 0 Å². The number of hydrogen-bond acceptors (Lipinski definition) is 6. The van der Waals surface area contributed by atoms with E-state index in [2.05, 4.69) is 36.9 Å². The van der Waals surface area contributed by atoms with Crippen molar-refractivity contribution in [1.82, 2.24) is 0 Å². The maximum absolute atomic E-state index is 14.0. The van der Waals surface area contributed by atoms with Crippen molar-refractivity contribution in [3.05, 3.63) is 108 Å². The molecule has 0 radical (unpaired) electrons. The molecule has 0 fully saturated rings. The number of hydrogen-bond donors (Lipinski definition) is 0. The molecule has 10 heteroatoms. The molecule has 0 saturated carbocycles. The Balaban J connectivity index is 1.53. The molecule has 0 saturated heterocycles. The lowest BCUT2D eigenvalue weighted by molar-refractivity contribution is -0.384. The minimum Gasteiger partial charge on any atom is -0.487 e. The first-order chi connectivity index (χ1) is 15.8. The Morgan fingerprint density at radius 3 is 2.39 bits per heavy atom. The fraction of sp³-hybridized carbons (Fsp3) is 0.0435. The highest BCUT2D eigenvalue weighted by molar-refractivity contribution is 9.11. The van der Waals surface area contributed by atoms with Crippen molar-refractivity contribution in [2.75, 3.05) is 0 Å². The second kappa shape index (κ2) is 9.63. The number of non-ortho nitro benzene ring substituents is 1. The monoisotopic (exact) mass is 574 g/mol. The molecule has 1 aliphatic rings. The van der Waals surface area contributed by atoms with Crippen LogP contribution in [0.15, 0.2) is 80.3 Å². The number of esters is 1. The number of benzene rings is 3. The Labute approximate surface area is 204 Å². The van der Waals surface area contributed by atoms with Gasteiger partial charge in [-0.15, -0.1) is 0 Å². The third-order valence-electron chi connectivity index (χ3n) is 4.58. The van der Waals surface area contributed by atoms with Gasteiger partial charge in [0, 0.05) is 12.1 Å². The fourth-order valence-electron chi connectivity index (χ4n) is 2.99. The van der Waals surface area contributed by atoms with Crippen LogP contribution in [0.1, 0.15) is 16.7 Å². The average Bonchev–Trinajstić information content (AvgIpc) is 3.13. The van der Waals surface area contributed by atoms with Crippen molar-refractivity contribution < 1.29 is 23.6 Å². The summed E-state index contributed by atoms with van der Waals surface area (Å²) < 4.78 is 26.2. The lowest BCUT2D eigenvalue weighted by Crippen LogP contribution is -2.07. The quantitative estimate of drug-likeness (QED) is 0.151. The van der Waals surface area contributed by atoms with E-state index in [1.165, 1.54) is 36.4 Å². The molecule has 33 heavy (non-hydrogen) atoms. The predicted molar refractivity (Wildman–Crippen MR) is 126 cm³/mol. The Morgan fingerprint density at radius 2 is 1.76 bits per heavy atom. The van der Waals surface area contributed by atoms with Crippen molar-refractivity contribution >= 4 is 55.5 Å². The van der Waals surface area contributed by atoms with Crippen LogP contribution < -0.4 is 4.74 Å². The van der Waals surface area contributed by atoms with Crippen molar-refractivity contribution in [1.29, 1.82) is 0 Å². The minimum absolute atomic E-state index is 0.00441. The summed E-state index contributed by atoms with van der Waals surface area (Å²) in [5.41, 5.74) is 1.53. The highest BCUT2D eigenvalue weighted by Crippen LogP contribution is 2.36. The van der Waals surface area contributed by atoms with E-state index >= 15 is 0 Å². The summed E-state index contributed by atoms with van der Waals surface area (Å²) in [6.45, 7) is 0.193. The number of ether oxygens (including phenoxy) is 2. The van der Waals surface area contributed by atoms with Gasteiger partial charge >= 0.3 is 5.97 Å². The first-order valence-electron chi connectivity index (χ1n) is 9.44. The lowest BCUT2D eigenvalue weighted by Gasteiger charge is -2.11. The third kappa shape index (κ3) is 5.18. The summed E-state index contributed by atoms with van der Waals surface area (Å²) in [6, 6.07) is 15.4. The van der Waals surface area contributed by atoms with E-state index < -0.39 is 16.7 Å². The van der Waals surface area contributed by atoms with Crippen molar-refractivity contribution in [3.8, 4) is 5.75 Å². The van der Waals surface area contributed by atoms with Crippen LogP contribution in [-0.2, 0) is 16.1 Å². The van der Waals surface area contributed by atoms with Crippen molar-refractivity contribution in [2.24, 2.45) is 4.99 Å². The second-order valence-corrected chi connectivity index (χ2v) is 8.55. The van der Waals surface area contributed by atoms with E-state index in [9.17, 15) is 19.3 Å². The Bertz CT molecular complexity index is 1300. The zero-order valence-electron chi connectivity index (χ0n) is 16.6. The van der Waals surface area contributed by atoms with Gasteiger partial charge in [0.1, 0.15) is 18.2 Å². The standard InChI is InChI=1S/C23H13Br2FN2O5/c24-17-9-14(11-20-23(29)33-22(27-20)16-3-1-2-4-19(16)26)10-18(25)21(17)32-12-13-5-7-15(8-6-13)28(30)31/h1-11H,12H2/b20-11-. The number of rotatable bonds is 6. The van der Waals surface area contributed by atoms with Gasteiger partial charge in [-0.2, -0.15) is 0 Å². The van der Waals surface area contributed by atoms with Gasteiger partial charge in [-0.25, -0.2) is 14.2 Å². The highest BCUT2D eigenvalue weighted by Gasteiger charge is 2.26. The average molecular weight is 576 g/mol. The van der Waals surface area contributed by atoms with E-state index in [0.717, 1.165) is 5.56 Å². The summed E-state index contributed by atoms with van der Waals surface area (Å²) >= 11 is 6.90. The lowest BCUT2D eigenvalue weighted by atomic mass is 10.2. The number of cyclic esters (lactones) is 1. The van der Waals surface area contributed by atoms with E-state index in [4.69, 9.17) is 9.47 Å². The summed E-state index contributed by atoms with van der Waals surface area (Å²) in [5, 5.41) is 10.8. The summed E-state index contributed by atoms with van der Waals surface area (Å²) in [7, 11) is 0. The van der Waals surface area contributed by atoms with Crippen LogP contribution in [0.4, 0.5) is 10.1 Å². The third-order valence-corrected chi connectivity index (χ3v) is 5.76. The van der Waals surface area contributed by atoms with E-state index in [1.807, 2.05) is 0 Å². The van der Waals surface area contributed by atoms with Crippen LogP contribution >= 0.6 is 31.9 Å². The van der Waals surface area contributed by atoms with Crippen LogP contribution in [0.25, 0.3) is 6.08 Å². The number of halogens is 3. The molecule has 166 valence electrons. The van der Waals surface area contributed by atoms with Gasteiger partial charge in [0.25, 0.3) is 5.69 Å². The number of nitrogens with zero attached hydrogens (tertiary/aromatic N) is 2. The normalized spacial score (nSPS) is 14.2. The molecule has 0 spiro atoms. The Morgan fingerprint density at radius 1 is 1.09 bits per heavy atom. The molecule has 7 nitrogen and oxygen atoms in total. The van der Waals surface area contributed by atoms with Crippen LogP contribution in [0.2, 0.25) is 0 Å². The smallest absolute Gasteiger partial charge is 0.363 e. The van der Waals surface area contributed by atoms with E-state index in [1.54, 1.807) is 30.3 Å². The highest BCUT2D eigenvalue weighted by atomic mass is 79.9. The number of carbonyl (C=O) groups is 1. The maximum atomic E-state index is 14.0. The van der Waals surface area contributed by atoms with Crippen molar-refractivity contribution in [3.63, 3.8) is 0 Å². The number of nitro groups is 1. The summed E-state index contributed by atoms with van der Waals surface area (Å²) in [6.07, 6.45) is 1.52. The van der Waals surface area contributed by atoms with Crippen LogP contribution in [0, 0.1) is 15.9 Å². The molecule has 4 rings (SSSR count). The number of nitro benzene ring substituents is 1. The van der Waals surface area contributed by atoms with Crippen LogP contribution in [-0.4, -0.2) is 16.8 Å². The molecular weight excluding hydrogens is 563 g/mol. The predicted octanol–water partition coefficient (Wildman–Crippen LogP) is 6.18. The molecule has 0 bridgehead atoms. The van der Waals surface area contributed by atoms with Crippen LogP contribution in [0.5, 0.6) is 5.75 Å². The second-order valence-electron chi connectivity index (χ2n) is 6.84. The largest absolute Gasteiger partial charge is 0.487 e. The SMILES string of the molecule is O=C1OC(c2ccccc2F)=N/C1=C\c1cc(Br)c(OCc2ccc([N+](=O)[O-])cc2)c(Br)c1. The van der Waals surface area contributed by atoms with Gasteiger partial charge < -0.3 is 9.47 Å². The first-order valence-corrected chi connectivity index (χ1v) is 11.0. The molecular formula is C23H13Br2FN2O5. The van der Waals surface area contributed by atoms with Crippen molar-refractivity contribution in [2.45, 2.75) is 6.61 Å². The first kappa shape index (κ1) is 22.8. The molecule has 1 heterocycles. The maximum Gasteiger partial charge on any atom is 0.363 e. The zero-order chi connectivity index (χ0) is 23.5. The molecule has 3 aromatic rings. The minimum atomic E-state index is -0.681. The molecule has 0 amide bonds.